The van der Waals surface area contributed by atoms with Crippen LogP contribution in [-0.2, 0) is 17.9 Å². The van der Waals surface area contributed by atoms with Gasteiger partial charge in [-0.25, -0.2) is 22.0 Å². The molecule has 1 aromatic carbocycles. The zero-order chi connectivity index (χ0) is 21.1. The maximum absolute atomic E-state index is 13.8. The number of alkyl halides is 4. The Morgan fingerprint density at radius 1 is 1.14 bits per heavy atom. The van der Waals surface area contributed by atoms with Crippen LogP contribution < -0.4 is 5.32 Å². The number of anilines is 1. The molecule has 29 heavy (non-hydrogen) atoms. The molecule has 0 spiro atoms. The van der Waals surface area contributed by atoms with E-state index in [2.05, 4.69) is 15.5 Å². The molecule has 0 saturated carbocycles. The van der Waals surface area contributed by atoms with Crippen LogP contribution >= 0.6 is 11.6 Å². The van der Waals surface area contributed by atoms with Crippen LogP contribution in [0.2, 0.25) is 5.02 Å². The number of hydrogen-bond acceptors (Lipinski definition) is 3. The largest absolute Gasteiger partial charge is 0.308 e. The number of amides is 1. The summed E-state index contributed by atoms with van der Waals surface area (Å²) >= 11 is 5.95. The number of carbonyl (C=O) groups is 1. The normalized spacial score (nSPS) is 11.4. The average Bonchev–Trinajstić information content (AvgIpc) is 3.25. The molecule has 0 saturated heterocycles. The van der Waals surface area contributed by atoms with Gasteiger partial charge in [-0.2, -0.15) is 10.2 Å². The third-order valence-corrected chi connectivity index (χ3v) is 4.21. The van der Waals surface area contributed by atoms with E-state index in [1.807, 2.05) is 0 Å². The molecule has 3 aromatic rings. The zero-order valence-electron chi connectivity index (χ0n) is 14.5. The molecule has 0 unspecified atom stereocenters. The fourth-order valence-corrected chi connectivity index (χ4v) is 2.76. The van der Waals surface area contributed by atoms with Crippen LogP contribution in [0.15, 0.2) is 36.5 Å². The molecular weight excluding hydrogens is 421 g/mol. The molecule has 0 fully saturated rings. The number of carbonyl (C=O) groups excluding carboxylic acids is 1. The third kappa shape index (κ3) is 4.91. The highest BCUT2D eigenvalue weighted by molar-refractivity contribution is 6.31. The first-order valence-corrected chi connectivity index (χ1v) is 8.52. The van der Waals surface area contributed by atoms with Crippen molar-refractivity contribution >= 4 is 23.3 Å². The summed E-state index contributed by atoms with van der Waals surface area (Å²) in [6, 6.07) is 6.17. The van der Waals surface area contributed by atoms with Gasteiger partial charge in [0.2, 0.25) is 5.91 Å². The number of rotatable bonds is 7. The van der Waals surface area contributed by atoms with E-state index in [1.165, 1.54) is 35.1 Å². The topological polar surface area (TPSA) is 64.7 Å². The van der Waals surface area contributed by atoms with Crippen molar-refractivity contribution < 1.29 is 26.7 Å². The molecule has 0 aliphatic heterocycles. The fraction of sp³-hybridized carbons (Fsp3) is 0.235. The molecule has 6 nitrogen and oxygen atoms in total. The van der Waals surface area contributed by atoms with E-state index in [4.69, 9.17) is 11.6 Å². The minimum atomic E-state index is -3.08. The summed E-state index contributed by atoms with van der Waals surface area (Å²) < 4.78 is 66.9. The average molecular weight is 434 g/mol. The number of nitrogens with one attached hydrogen (secondary N) is 1. The second kappa shape index (κ2) is 8.60. The minimum Gasteiger partial charge on any atom is -0.308 e. The van der Waals surface area contributed by atoms with E-state index < -0.39 is 42.5 Å². The van der Waals surface area contributed by atoms with Gasteiger partial charge in [0.25, 0.3) is 12.9 Å². The number of aromatic nitrogens is 4. The first-order chi connectivity index (χ1) is 13.7. The van der Waals surface area contributed by atoms with Crippen molar-refractivity contribution in [3.63, 3.8) is 0 Å². The molecule has 12 heteroatoms. The van der Waals surface area contributed by atoms with Crippen molar-refractivity contribution in [2.24, 2.45) is 0 Å². The summed E-state index contributed by atoms with van der Waals surface area (Å²) in [6.07, 6.45) is -4.67. The van der Waals surface area contributed by atoms with Crippen LogP contribution in [0, 0.1) is 5.82 Å². The number of nitrogens with zero attached hydrogens (tertiary/aromatic N) is 4. The van der Waals surface area contributed by atoms with Crippen molar-refractivity contribution in [3.05, 3.63) is 64.3 Å². The quantitative estimate of drug-likeness (QED) is 0.560. The lowest BCUT2D eigenvalue weighted by Crippen LogP contribution is -2.21. The zero-order valence-corrected chi connectivity index (χ0v) is 15.3. The van der Waals surface area contributed by atoms with E-state index in [9.17, 15) is 26.7 Å². The van der Waals surface area contributed by atoms with Gasteiger partial charge in [-0.05, 0) is 18.2 Å². The molecular formula is C17H13ClF5N5O. The second-order valence-electron chi connectivity index (χ2n) is 5.90. The predicted molar refractivity (Wildman–Crippen MR) is 93.5 cm³/mol. The Kier molecular flexibility index (Phi) is 6.16. The Morgan fingerprint density at radius 2 is 1.90 bits per heavy atom. The standard InChI is InChI=1S/C17H13ClF5N5O/c18-10-2-1-3-11(19)9(10)7-27-5-4-14(26-27)24-15(29)8-28-13(17(22)23)6-12(25-28)16(20)21/h1-6,16-17H,7-8H2,(H,24,26,29). The van der Waals surface area contributed by atoms with E-state index in [-0.39, 0.29) is 22.9 Å². The maximum atomic E-state index is 13.8. The number of benzene rings is 1. The van der Waals surface area contributed by atoms with Gasteiger partial charge < -0.3 is 5.32 Å². The molecule has 1 N–H and O–H groups in total. The highest BCUT2D eigenvalue weighted by Crippen LogP contribution is 2.25. The molecule has 0 aliphatic rings. The van der Waals surface area contributed by atoms with Crippen molar-refractivity contribution in [1.29, 1.82) is 0 Å². The number of halogens is 6. The predicted octanol–water partition coefficient (Wildman–Crippen LogP) is 4.43. The smallest absolute Gasteiger partial charge is 0.282 e. The summed E-state index contributed by atoms with van der Waals surface area (Å²) in [5.74, 6) is -1.26. The third-order valence-electron chi connectivity index (χ3n) is 3.86. The molecule has 154 valence electrons. The minimum absolute atomic E-state index is 0.00614. The number of hydrogen-bond donors (Lipinski definition) is 1. The van der Waals surface area contributed by atoms with E-state index in [0.717, 1.165) is 0 Å². The highest BCUT2D eigenvalue weighted by Gasteiger charge is 2.22. The molecule has 3 rings (SSSR count). The van der Waals surface area contributed by atoms with Gasteiger partial charge in [0, 0.05) is 22.8 Å². The van der Waals surface area contributed by atoms with Gasteiger partial charge in [0.1, 0.15) is 23.7 Å². The van der Waals surface area contributed by atoms with Gasteiger partial charge in [-0.15, -0.1) is 0 Å². The van der Waals surface area contributed by atoms with Gasteiger partial charge in [0.15, 0.2) is 5.82 Å². The van der Waals surface area contributed by atoms with Crippen LogP contribution in [-0.4, -0.2) is 25.5 Å². The highest BCUT2D eigenvalue weighted by atomic mass is 35.5. The Labute approximate surface area is 165 Å². The van der Waals surface area contributed by atoms with Crippen LogP contribution in [0.1, 0.15) is 29.8 Å². The SMILES string of the molecule is O=C(Cn1nc(C(F)F)cc1C(F)F)Nc1ccn(Cc2c(F)cccc2Cl)n1. The first-order valence-electron chi connectivity index (χ1n) is 8.14. The lowest BCUT2D eigenvalue weighted by atomic mass is 10.2. The Morgan fingerprint density at radius 3 is 2.55 bits per heavy atom. The Bertz CT molecular complexity index is 999. The van der Waals surface area contributed by atoms with Crippen LogP contribution in [0.4, 0.5) is 27.8 Å². The monoisotopic (exact) mass is 433 g/mol. The summed E-state index contributed by atoms with van der Waals surface area (Å²) in [4.78, 5) is 12.1. The van der Waals surface area contributed by atoms with E-state index in [0.29, 0.717) is 10.7 Å². The molecule has 0 radical (unpaired) electrons. The van der Waals surface area contributed by atoms with Crippen LogP contribution in [0.3, 0.4) is 0 Å². The van der Waals surface area contributed by atoms with Crippen LogP contribution in [0.25, 0.3) is 0 Å². The summed E-state index contributed by atoms with van der Waals surface area (Å²) in [7, 11) is 0. The van der Waals surface area contributed by atoms with Crippen LogP contribution in [0.5, 0.6) is 0 Å². The van der Waals surface area contributed by atoms with Crippen molar-refractivity contribution in [2.75, 3.05) is 5.32 Å². The Hall–Kier alpha value is -2.95. The van der Waals surface area contributed by atoms with Gasteiger partial charge in [-0.1, -0.05) is 17.7 Å². The lowest BCUT2D eigenvalue weighted by molar-refractivity contribution is -0.117. The van der Waals surface area contributed by atoms with Gasteiger partial charge >= 0.3 is 0 Å². The Balaban J connectivity index is 1.68. The summed E-state index contributed by atoms with van der Waals surface area (Å²) in [5, 5.41) is 9.91. The first kappa shape index (κ1) is 20.8. The van der Waals surface area contributed by atoms with Gasteiger partial charge in [0.05, 0.1) is 6.54 Å². The van der Waals surface area contributed by atoms with E-state index >= 15 is 0 Å². The molecule has 0 aliphatic carbocycles. The molecule has 2 aromatic heterocycles. The molecule has 2 heterocycles. The summed E-state index contributed by atoms with van der Waals surface area (Å²) in [6.45, 7) is -0.716. The van der Waals surface area contributed by atoms with Gasteiger partial charge in [-0.3, -0.25) is 14.2 Å². The van der Waals surface area contributed by atoms with E-state index in [1.54, 1.807) is 0 Å². The second-order valence-corrected chi connectivity index (χ2v) is 6.31. The molecule has 1 amide bonds. The molecule has 0 bridgehead atoms. The van der Waals surface area contributed by atoms with Crippen molar-refractivity contribution in [1.82, 2.24) is 19.6 Å². The fourth-order valence-electron chi connectivity index (χ4n) is 2.54. The maximum Gasteiger partial charge on any atom is 0.282 e. The van der Waals surface area contributed by atoms with Crippen molar-refractivity contribution in [3.8, 4) is 0 Å². The molecule has 0 atom stereocenters. The van der Waals surface area contributed by atoms with Crippen molar-refractivity contribution in [2.45, 2.75) is 25.9 Å². The lowest BCUT2D eigenvalue weighted by Gasteiger charge is -2.07. The summed E-state index contributed by atoms with van der Waals surface area (Å²) in [5.41, 5.74) is -1.44.